The summed E-state index contributed by atoms with van der Waals surface area (Å²) in [5, 5.41) is 7.32. The fourth-order valence-corrected chi connectivity index (χ4v) is 2.63. The molecule has 0 bridgehead atoms. The number of nitrogens with one attached hydrogen (secondary N) is 2. The van der Waals surface area contributed by atoms with Gasteiger partial charge in [0.25, 0.3) is 11.5 Å². The van der Waals surface area contributed by atoms with E-state index in [0.29, 0.717) is 21.8 Å². The highest BCUT2D eigenvalue weighted by atomic mass is 32.1. The first-order valence-corrected chi connectivity index (χ1v) is 7.44. The van der Waals surface area contributed by atoms with Crippen LogP contribution in [0.4, 0.5) is 5.00 Å². The molecule has 2 heterocycles. The standard InChI is InChI=1S/C14H16N4O3S/c1-8-9(2)16-7-18(14(8)21)6-11(19)17-13-10(4-5-22-13)12(20)15-3/h4-5,7H,6H2,1-3H3,(H,15,20)(H,17,19). The van der Waals surface area contributed by atoms with Crippen molar-refractivity contribution in [2.75, 3.05) is 12.4 Å². The fourth-order valence-electron chi connectivity index (χ4n) is 1.83. The summed E-state index contributed by atoms with van der Waals surface area (Å²) in [5.74, 6) is -0.665. The molecular weight excluding hydrogens is 304 g/mol. The number of aryl methyl sites for hydroxylation is 1. The van der Waals surface area contributed by atoms with E-state index in [1.54, 1.807) is 25.3 Å². The monoisotopic (exact) mass is 320 g/mol. The Balaban J connectivity index is 2.15. The van der Waals surface area contributed by atoms with Crippen LogP contribution >= 0.6 is 11.3 Å². The second-order valence-electron chi connectivity index (χ2n) is 4.68. The molecular formula is C14H16N4O3S. The lowest BCUT2D eigenvalue weighted by Crippen LogP contribution is -2.30. The number of amides is 2. The topological polar surface area (TPSA) is 93.1 Å². The molecule has 2 amide bonds. The van der Waals surface area contributed by atoms with Crippen LogP contribution in [-0.4, -0.2) is 28.4 Å². The van der Waals surface area contributed by atoms with Crippen molar-refractivity contribution >= 4 is 28.2 Å². The molecule has 0 spiro atoms. The third-order valence-corrected chi connectivity index (χ3v) is 4.05. The van der Waals surface area contributed by atoms with E-state index in [1.807, 2.05) is 0 Å². The van der Waals surface area contributed by atoms with Crippen LogP contribution in [0.15, 0.2) is 22.6 Å². The van der Waals surface area contributed by atoms with Crippen LogP contribution in [0.2, 0.25) is 0 Å². The van der Waals surface area contributed by atoms with E-state index in [4.69, 9.17) is 0 Å². The van der Waals surface area contributed by atoms with Crippen molar-refractivity contribution in [3.05, 3.63) is 44.9 Å². The Bertz CT molecular complexity index is 779. The Kier molecular flexibility index (Phi) is 4.71. The quantitative estimate of drug-likeness (QED) is 0.876. The van der Waals surface area contributed by atoms with Gasteiger partial charge in [-0.25, -0.2) is 4.98 Å². The summed E-state index contributed by atoms with van der Waals surface area (Å²) in [6, 6.07) is 1.63. The molecule has 22 heavy (non-hydrogen) atoms. The molecule has 2 aromatic heterocycles. The van der Waals surface area contributed by atoms with Crippen molar-refractivity contribution in [2.24, 2.45) is 0 Å². The zero-order valence-electron chi connectivity index (χ0n) is 12.5. The van der Waals surface area contributed by atoms with E-state index in [-0.39, 0.29) is 23.9 Å². The van der Waals surface area contributed by atoms with Gasteiger partial charge in [-0.2, -0.15) is 0 Å². The molecule has 2 aromatic rings. The van der Waals surface area contributed by atoms with Gasteiger partial charge in [0.15, 0.2) is 0 Å². The second-order valence-corrected chi connectivity index (χ2v) is 5.59. The Labute approximate surface area is 131 Å². The zero-order chi connectivity index (χ0) is 16.3. The van der Waals surface area contributed by atoms with Crippen molar-refractivity contribution in [1.82, 2.24) is 14.9 Å². The smallest absolute Gasteiger partial charge is 0.256 e. The van der Waals surface area contributed by atoms with Gasteiger partial charge in [-0.1, -0.05) is 0 Å². The number of hydrogen-bond donors (Lipinski definition) is 2. The molecule has 0 aliphatic carbocycles. The molecule has 116 valence electrons. The highest BCUT2D eigenvalue weighted by Crippen LogP contribution is 2.22. The molecule has 2 rings (SSSR count). The molecule has 0 aromatic carbocycles. The minimum atomic E-state index is -0.389. The second kappa shape index (κ2) is 6.52. The molecule has 8 heteroatoms. The van der Waals surface area contributed by atoms with Crippen LogP contribution in [0.3, 0.4) is 0 Å². The van der Waals surface area contributed by atoms with Gasteiger partial charge in [-0.3, -0.25) is 19.0 Å². The summed E-state index contributed by atoms with van der Waals surface area (Å²) in [7, 11) is 1.52. The van der Waals surface area contributed by atoms with Crippen LogP contribution in [0.1, 0.15) is 21.6 Å². The van der Waals surface area contributed by atoms with Crippen LogP contribution < -0.4 is 16.2 Å². The molecule has 0 unspecified atom stereocenters. The molecule has 7 nitrogen and oxygen atoms in total. The predicted octanol–water partition coefficient (Wildman–Crippen LogP) is 0.920. The first kappa shape index (κ1) is 15.9. The van der Waals surface area contributed by atoms with Crippen molar-refractivity contribution in [1.29, 1.82) is 0 Å². The van der Waals surface area contributed by atoms with E-state index < -0.39 is 0 Å². The molecule has 0 saturated carbocycles. The van der Waals surface area contributed by atoms with Crippen LogP contribution in [0, 0.1) is 13.8 Å². The summed E-state index contributed by atoms with van der Waals surface area (Å²) in [4.78, 5) is 39.8. The van der Waals surface area contributed by atoms with Crippen molar-refractivity contribution in [2.45, 2.75) is 20.4 Å². The highest BCUT2D eigenvalue weighted by molar-refractivity contribution is 7.14. The predicted molar refractivity (Wildman–Crippen MR) is 84.3 cm³/mol. The van der Waals surface area contributed by atoms with Gasteiger partial charge in [0.2, 0.25) is 5.91 Å². The minimum absolute atomic E-state index is 0.155. The Morgan fingerprint density at radius 3 is 2.77 bits per heavy atom. The summed E-state index contributed by atoms with van der Waals surface area (Å²) in [6.07, 6.45) is 1.35. The van der Waals surface area contributed by atoms with Gasteiger partial charge in [-0.15, -0.1) is 11.3 Å². The van der Waals surface area contributed by atoms with Gasteiger partial charge in [0.1, 0.15) is 11.5 Å². The molecule has 0 atom stereocenters. The average Bonchev–Trinajstić information content (AvgIpc) is 2.95. The largest absolute Gasteiger partial charge is 0.355 e. The van der Waals surface area contributed by atoms with E-state index in [1.165, 1.54) is 29.3 Å². The molecule has 0 radical (unpaired) electrons. The normalized spacial score (nSPS) is 10.3. The highest BCUT2D eigenvalue weighted by Gasteiger charge is 2.15. The summed E-state index contributed by atoms with van der Waals surface area (Å²) in [6.45, 7) is 3.25. The van der Waals surface area contributed by atoms with E-state index in [9.17, 15) is 14.4 Å². The number of carbonyl (C=O) groups is 2. The van der Waals surface area contributed by atoms with Gasteiger partial charge < -0.3 is 10.6 Å². The molecule has 0 aliphatic heterocycles. The fraction of sp³-hybridized carbons (Fsp3) is 0.286. The van der Waals surface area contributed by atoms with Crippen molar-refractivity contribution in [3.8, 4) is 0 Å². The van der Waals surface area contributed by atoms with E-state index in [0.717, 1.165) is 0 Å². The molecule has 0 fully saturated rings. The number of hydrogen-bond acceptors (Lipinski definition) is 5. The number of thiophene rings is 1. The molecule has 0 saturated heterocycles. The minimum Gasteiger partial charge on any atom is -0.355 e. The lowest BCUT2D eigenvalue weighted by Gasteiger charge is -2.08. The average molecular weight is 320 g/mol. The Morgan fingerprint density at radius 2 is 2.09 bits per heavy atom. The zero-order valence-corrected chi connectivity index (χ0v) is 13.3. The lowest BCUT2D eigenvalue weighted by molar-refractivity contribution is -0.116. The SMILES string of the molecule is CNC(=O)c1ccsc1NC(=O)Cn1cnc(C)c(C)c1=O. The molecule has 2 N–H and O–H groups in total. The Morgan fingerprint density at radius 1 is 1.36 bits per heavy atom. The molecule has 0 aliphatic rings. The van der Waals surface area contributed by atoms with Gasteiger partial charge in [0, 0.05) is 18.3 Å². The maximum Gasteiger partial charge on any atom is 0.256 e. The van der Waals surface area contributed by atoms with Gasteiger partial charge in [0.05, 0.1) is 11.9 Å². The first-order chi connectivity index (χ1) is 10.4. The van der Waals surface area contributed by atoms with Crippen molar-refractivity contribution < 1.29 is 9.59 Å². The van der Waals surface area contributed by atoms with Crippen LogP contribution in [-0.2, 0) is 11.3 Å². The third-order valence-electron chi connectivity index (χ3n) is 3.22. The summed E-state index contributed by atoms with van der Waals surface area (Å²) < 4.78 is 1.24. The maximum absolute atomic E-state index is 12.1. The number of nitrogens with zero attached hydrogens (tertiary/aromatic N) is 2. The van der Waals surface area contributed by atoms with Gasteiger partial charge in [-0.05, 0) is 25.3 Å². The van der Waals surface area contributed by atoms with Gasteiger partial charge >= 0.3 is 0 Å². The Hall–Kier alpha value is -2.48. The van der Waals surface area contributed by atoms with E-state index in [2.05, 4.69) is 15.6 Å². The number of anilines is 1. The van der Waals surface area contributed by atoms with Crippen LogP contribution in [0.5, 0.6) is 0 Å². The first-order valence-electron chi connectivity index (χ1n) is 6.56. The van der Waals surface area contributed by atoms with E-state index >= 15 is 0 Å². The third kappa shape index (κ3) is 3.22. The number of carbonyl (C=O) groups excluding carboxylic acids is 2. The van der Waals surface area contributed by atoms with Crippen molar-refractivity contribution in [3.63, 3.8) is 0 Å². The number of rotatable bonds is 4. The summed E-state index contributed by atoms with van der Waals surface area (Å²) >= 11 is 1.25. The number of aromatic nitrogens is 2. The van der Waals surface area contributed by atoms with Crippen LogP contribution in [0.25, 0.3) is 0 Å². The maximum atomic E-state index is 12.1. The summed E-state index contributed by atoms with van der Waals surface area (Å²) in [5.41, 5.74) is 1.30. The lowest BCUT2D eigenvalue weighted by atomic mass is 10.3.